The average Bonchev–Trinajstić information content (AvgIpc) is 3.21. The van der Waals surface area contributed by atoms with Crippen LogP contribution < -0.4 is 5.73 Å². The molecule has 0 amide bonds. The van der Waals surface area contributed by atoms with Crippen molar-refractivity contribution in [2.24, 2.45) is 0 Å². The Bertz CT molecular complexity index is 1030. The number of nitrogen functional groups attached to an aromatic ring is 1. The van der Waals surface area contributed by atoms with Gasteiger partial charge < -0.3 is 39.9 Å². The standard InChI is InChI=1S/C15H21ClN5O9P/c1-3-28-13(24)15(2,31(25,26)27)29-4-6-8(22)9(23)12(30-6)21-5-18-7-10(17)19-14(16)20-11(7)21/h5-6,8-9,12,22-23H,3-4H2,1-2H3,(H2,17,19,20)(H2,25,26,27)/t6-,8-,9-,12-,15-/m1/s1. The molecule has 2 aromatic heterocycles. The lowest BCUT2D eigenvalue weighted by Crippen LogP contribution is -2.43. The fourth-order valence-corrected chi connectivity index (χ4v) is 3.68. The molecular weight excluding hydrogens is 461 g/mol. The number of aromatic nitrogens is 4. The van der Waals surface area contributed by atoms with Gasteiger partial charge in [-0.2, -0.15) is 9.97 Å². The molecule has 0 unspecified atom stereocenters. The number of hydrogen-bond donors (Lipinski definition) is 5. The minimum Gasteiger partial charge on any atom is -0.463 e. The van der Waals surface area contributed by atoms with Crippen molar-refractivity contribution in [2.75, 3.05) is 18.9 Å². The second-order valence-corrected chi connectivity index (χ2v) is 9.09. The highest BCUT2D eigenvalue weighted by Gasteiger charge is 2.54. The molecule has 1 aliphatic rings. The molecule has 2 aromatic rings. The zero-order valence-electron chi connectivity index (χ0n) is 16.3. The summed E-state index contributed by atoms with van der Waals surface area (Å²) in [7, 11) is -5.13. The fraction of sp³-hybridized carbons (Fsp3) is 0.600. The molecule has 0 spiro atoms. The van der Waals surface area contributed by atoms with E-state index in [1.165, 1.54) is 17.8 Å². The van der Waals surface area contributed by atoms with Crippen LogP contribution in [0.5, 0.6) is 0 Å². The van der Waals surface area contributed by atoms with Crippen molar-refractivity contribution in [1.29, 1.82) is 0 Å². The van der Waals surface area contributed by atoms with Crippen molar-refractivity contribution in [3.05, 3.63) is 11.6 Å². The molecule has 5 atom stereocenters. The Morgan fingerprint density at radius 3 is 2.68 bits per heavy atom. The van der Waals surface area contributed by atoms with Gasteiger partial charge >= 0.3 is 13.6 Å². The molecule has 31 heavy (non-hydrogen) atoms. The summed E-state index contributed by atoms with van der Waals surface area (Å²) in [5.41, 5.74) is 6.06. The Morgan fingerprint density at radius 2 is 2.06 bits per heavy atom. The Balaban J connectivity index is 1.83. The number of ether oxygens (including phenoxy) is 3. The normalized spacial score (nSPS) is 26.2. The Labute approximate surface area is 180 Å². The molecule has 0 bridgehead atoms. The molecule has 1 aliphatic heterocycles. The van der Waals surface area contributed by atoms with Gasteiger partial charge in [0.1, 0.15) is 23.8 Å². The highest BCUT2D eigenvalue weighted by atomic mass is 35.5. The molecule has 1 saturated heterocycles. The number of nitrogens with zero attached hydrogens (tertiary/aromatic N) is 4. The molecule has 16 heteroatoms. The summed E-state index contributed by atoms with van der Waals surface area (Å²) in [4.78, 5) is 43.0. The van der Waals surface area contributed by atoms with Crippen LogP contribution in [0.3, 0.4) is 0 Å². The number of carbonyl (C=O) groups is 1. The number of carbonyl (C=O) groups excluding carboxylic acids is 1. The summed E-state index contributed by atoms with van der Waals surface area (Å²) in [6.45, 7) is 1.54. The molecule has 14 nitrogen and oxygen atoms in total. The van der Waals surface area contributed by atoms with Gasteiger partial charge in [0.05, 0.1) is 19.5 Å². The largest absolute Gasteiger partial charge is 0.463 e. The van der Waals surface area contributed by atoms with Gasteiger partial charge in [-0.3, -0.25) is 9.13 Å². The summed E-state index contributed by atoms with van der Waals surface area (Å²) < 4.78 is 28.6. The van der Waals surface area contributed by atoms with E-state index in [0.717, 1.165) is 6.92 Å². The number of aliphatic hydroxyl groups is 2. The van der Waals surface area contributed by atoms with Gasteiger partial charge in [0.25, 0.3) is 5.34 Å². The van der Waals surface area contributed by atoms with E-state index in [9.17, 15) is 29.4 Å². The first-order chi connectivity index (χ1) is 14.4. The number of anilines is 1. The summed E-state index contributed by atoms with van der Waals surface area (Å²) in [6.07, 6.45) is -4.30. The number of rotatable bonds is 7. The molecule has 0 aromatic carbocycles. The third-order valence-corrected chi connectivity index (χ3v) is 6.36. The SMILES string of the molecule is CCOC(=O)[C@](C)(OC[C@H]1O[C@@H](n2cnc3c(N)nc(Cl)nc32)[C@H](O)[C@@H]1O)P(=O)(O)O. The van der Waals surface area contributed by atoms with Crippen molar-refractivity contribution in [3.8, 4) is 0 Å². The van der Waals surface area contributed by atoms with Gasteiger partial charge in [0.15, 0.2) is 17.7 Å². The van der Waals surface area contributed by atoms with Crippen LogP contribution >= 0.6 is 19.2 Å². The molecule has 0 aliphatic carbocycles. The third kappa shape index (κ3) is 4.25. The van der Waals surface area contributed by atoms with Crippen LogP contribution in [-0.4, -0.2) is 82.4 Å². The van der Waals surface area contributed by atoms with Crippen LogP contribution in [-0.2, 0) is 23.6 Å². The second kappa shape index (κ2) is 8.56. The molecule has 3 rings (SSSR count). The third-order valence-electron chi connectivity index (χ3n) is 4.77. The van der Waals surface area contributed by atoms with E-state index in [-0.39, 0.29) is 28.9 Å². The molecular formula is C15H21ClN5O9P. The van der Waals surface area contributed by atoms with Crippen molar-refractivity contribution in [2.45, 2.75) is 43.7 Å². The van der Waals surface area contributed by atoms with E-state index in [2.05, 4.69) is 19.7 Å². The summed E-state index contributed by atoms with van der Waals surface area (Å²) >= 11 is 5.82. The quantitative estimate of drug-likeness (QED) is 0.185. The Kier molecular flexibility index (Phi) is 6.56. The highest BCUT2D eigenvalue weighted by molar-refractivity contribution is 7.54. The van der Waals surface area contributed by atoms with Crippen LogP contribution in [0.2, 0.25) is 5.28 Å². The topological polar surface area (TPSA) is 212 Å². The monoisotopic (exact) mass is 481 g/mol. The minimum atomic E-state index is -5.13. The van der Waals surface area contributed by atoms with Gasteiger partial charge in [-0.15, -0.1) is 0 Å². The fourth-order valence-electron chi connectivity index (χ4n) is 2.96. The summed E-state index contributed by atoms with van der Waals surface area (Å²) in [6, 6.07) is 0. The Hall–Kier alpha value is -1.90. The van der Waals surface area contributed by atoms with E-state index in [0.29, 0.717) is 0 Å². The number of halogens is 1. The number of fused-ring (bicyclic) bond motifs is 1. The van der Waals surface area contributed by atoms with E-state index in [4.69, 9.17) is 26.8 Å². The first kappa shape index (κ1) is 23.8. The van der Waals surface area contributed by atoms with Crippen LogP contribution in [0.25, 0.3) is 11.2 Å². The number of imidazole rings is 1. The zero-order valence-corrected chi connectivity index (χ0v) is 18.0. The molecule has 172 valence electrons. The van der Waals surface area contributed by atoms with Crippen LogP contribution in [0, 0.1) is 0 Å². The van der Waals surface area contributed by atoms with Gasteiger partial charge in [-0.05, 0) is 25.4 Å². The van der Waals surface area contributed by atoms with Crippen molar-refractivity contribution in [3.63, 3.8) is 0 Å². The van der Waals surface area contributed by atoms with Gasteiger partial charge in [-0.1, -0.05) is 0 Å². The van der Waals surface area contributed by atoms with Crippen LogP contribution in [0.4, 0.5) is 5.82 Å². The molecule has 1 fully saturated rings. The number of nitrogens with two attached hydrogens (primary N) is 1. The summed E-state index contributed by atoms with van der Waals surface area (Å²) in [5, 5.41) is 18.0. The van der Waals surface area contributed by atoms with Crippen molar-refractivity contribution in [1.82, 2.24) is 19.5 Å². The highest BCUT2D eigenvalue weighted by Crippen LogP contribution is 2.52. The molecule has 0 saturated carbocycles. The van der Waals surface area contributed by atoms with E-state index >= 15 is 0 Å². The molecule has 6 N–H and O–H groups in total. The number of hydrogen-bond acceptors (Lipinski definition) is 11. The molecule has 3 heterocycles. The maximum Gasteiger partial charge on any atom is 0.368 e. The van der Waals surface area contributed by atoms with Gasteiger partial charge in [-0.25, -0.2) is 9.78 Å². The maximum atomic E-state index is 12.1. The second-order valence-electron chi connectivity index (χ2n) is 6.81. The lowest BCUT2D eigenvalue weighted by Gasteiger charge is -2.29. The summed E-state index contributed by atoms with van der Waals surface area (Å²) in [5.74, 6) is -1.29. The predicted octanol–water partition coefficient (Wildman–Crippen LogP) is -0.845. The zero-order chi connectivity index (χ0) is 23.1. The van der Waals surface area contributed by atoms with Crippen molar-refractivity contribution >= 4 is 42.1 Å². The van der Waals surface area contributed by atoms with Gasteiger partial charge in [0, 0.05) is 0 Å². The first-order valence-electron chi connectivity index (χ1n) is 8.94. The Morgan fingerprint density at radius 1 is 1.39 bits per heavy atom. The molecule has 0 radical (unpaired) electrons. The van der Waals surface area contributed by atoms with Crippen LogP contribution in [0.15, 0.2) is 6.33 Å². The predicted molar refractivity (Wildman–Crippen MR) is 104 cm³/mol. The lowest BCUT2D eigenvalue weighted by atomic mass is 10.1. The first-order valence-corrected chi connectivity index (χ1v) is 10.9. The van der Waals surface area contributed by atoms with Crippen LogP contribution in [0.1, 0.15) is 20.1 Å². The van der Waals surface area contributed by atoms with E-state index < -0.39 is 50.1 Å². The average molecular weight is 482 g/mol. The maximum absolute atomic E-state index is 12.1. The number of aliphatic hydroxyl groups excluding tert-OH is 2. The minimum absolute atomic E-state index is 0.00600. The van der Waals surface area contributed by atoms with Crippen molar-refractivity contribution < 1.29 is 43.6 Å². The van der Waals surface area contributed by atoms with E-state index in [1.807, 2.05) is 0 Å². The number of esters is 1. The lowest BCUT2D eigenvalue weighted by molar-refractivity contribution is -0.166. The smallest absolute Gasteiger partial charge is 0.368 e. The van der Waals surface area contributed by atoms with Gasteiger partial charge in [0.2, 0.25) is 5.28 Å². The van der Waals surface area contributed by atoms with E-state index in [1.54, 1.807) is 0 Å².